The maximum atomic E-state index is 11.8. The summed E-state index contributed by atoms with van der Waals surface area (Å²) in [5.74, 6) is -0.171. The van der Waals surface area contributed by atoms with Gasteiger partial charge >= 0.3 is 5.97 Å². The van der Waals surface area contributed by atoms with Gasteiger partial charge < -0.3 is 4.74 Å². The van der Waals surface area contributed by atoms with Crippen molar-refractivity contribution in [3.05, 3.63) is 35.4 Å². The van der Waals surface area contributed by atoms with Crippen molar-refractivity contribution in [2.75, 3.05) is 7.11 Å². The molecule has 0 amide bonds. The largest absolute Gasteiger partial charge is 0.468 e. The van der Waals surface area contributed by atoms with Gasteiger partial charge in [0.15, 0.2) is 0 Å². The van der Waals surface area contributed by atoms with Crippen molar-refractivity contribution in [2.24, 2.45) is 0 Å². The summed E-state index contributed by atoms with van der Waals surface area (Å²) in [4.78, 5) is 11.8. The monoisotopic (exact) mass is 277 g/mol. The topological polar surface area (TPSA) is 38.3 Å². The molecule has 1 aromatic rings. The zero-order valence-corrected chi connectivity index (χ0v) is 13.1. The van der Waals surface area contributed by atoms with E-state index in [0.29, 0.717) is 0 Å². The van der Waals surface area contributed by atoms with Gasteiger partial charge in [-0.05, 0) is 30.9 Å². The standard InChI is InChI=1S/C17H27NO2/c1-5-7-8-16(17(19)20-4)18-13(3)15-11-9-14(6-2)10-12-15/h9-13,16,18H,5-8H2,1-4H3. The maximum Gasteiger partial charge on any atom is 0.322 e. The highest BCUT2D eigenvalue weighted by atomic mass is 16.5. The SMILES string of the molecule is CCCCC(NC(C)c1ccc(CC)cc1)C(=O)OC. The van der Waals surface area contributed by atoms with E-state index in [0.717, 1.165) is 25.7 Å². The lowest BCUT2D eigenvalue weighted by molar-refractivity contribution is -0.143. The van der Waals surface area contributed by atoms with Gasteiger partial charge in [-0.1, -0.05) is 51.0 Å². The van der Waals surface area contributed by atoms with Gasteiger partial charge in [0.1, 0.15) is 6.04 Å². The van der Waals surface area contributed by atoms with Gasteiger partial charge in [0.2, 0.25) is 0 Å². The summed E-state index contributed by atoms with van der Waals surface area (Å²) in [7, 11) is 1.45. The molecule has 0 aliphatic rings. The van der Waals surface area contributed by atoms with Crippen LogP contribution in [0.15, 0.2) is 24.3 Å². The van der Waals surface area contributed by atoms with Gasteiger partial charge in [-0.2, -0.15) is 0 Å². The first kappa shape index (κ1) is 16.7. The number of benzene rings is 1. The summed E-state index contributed by atoms with van der Waals surface area (Å²) in [6.45, 7) is 6.36. The maximum absolute atomic E-state index is 11.8. The number of carbonyl (C=O) groups is 1. The first-order valence-corrected chi connectivity index (χ1v) is 7.55. The summed E-state index contributed by atoms with van der Waals surface area (Å²) >= 11 is 0. The Labute approximate surface area is 122 Å². The highest BCUT2D eigenvalue weighted by Gasteiger charge is 2.20. The van der Waals surface area contributed by atoms with E-state index >= 15 is 0 Å². The van der Waals surface area contributed by atoms with Gasteiger partial charge in [0.05, 0.1) is 7.11 Å². The van der Waals surface area contributed by atoms with Crippen LogP contribution in [0.25, 0.3) is 0 Å². The van der Waals surface area contributed by atoms with Crippen LogP contribution < -0.4 is 5.32 Å². The van der Waals surface area contributed by atoms with E-state index in [1.54, 1.807) is 0 Å². The predicted molar refractivity (Wildman–Crippen MR) is 82.7 cm³/mol. The summed E-state index contributed by atoms with van der Waals surface area (Å²) < 4.78 is 4.88. The van der Waals surface area contributed by atoms with E-state index in [2.05, 4.69) is 50.4 Å². The van der Waals surface area contributed by atoms with E-state index in [1.807, 2.05) is 0 Å². The van der Waals surface area contributed by atoms with Gasteiger partial charge in [0.25, 0.3) is 0 Å². The molecule has 0 saturated heterocycles. The molecule has 20 heavy (non-hydrogen) atoms. The van der Waals surface area contributed by atoms with Crippen LogP contribution in [0.4, 0.5) is 0 Å². The third-order valence-electron chi connectivity index (χ3n) is 3.67. The number of carbonyl (C=O) groups excluding carboxylic acids is 1. The molecule has 1 N–H and O–H groups in total. The Bertz CT molecular complexity index is 400. The molecule has 2 atom stereocenters. The van der Waals surface area contributed by atoms with E-state index in [4.69, 9.17) is 4.74 Å². The Kier molecular flexibility index (Phi) is 7.31. The van der Waals surface area contributed by atoms with Crippen molar-refractivity contribution in [3.63, 3.8) is 0 Å². The fourth-order valence-electron chi connectivity index (χ4n) is 2.26. The molecule has 0 saturated carbocycles. The number of esters is 1. The van der Waals surface area contributed by atoms with Crippen LogP contribution in [0.1, 0.15) is 57.2 Å². The average molecular weight is 277 g/mol. The van der Waals surface area contributed by atoms with Crippen LogP contribution in [0.5, 0.6) is 0 Å². The molecular formula is C17H27NO2. The Balaban J connectivity index is 2.67. The van der Waals surface area contributed by atoms with Crippen LogP contribution in [-0.2, 0) is 16.0 Å². The van der Waals surface area contributed by atoms with Crippen molar-refractivity contribution in [1.29, 1.82) is 0 Å². The molecule has 3 nitrogen and oxygen atoms in total. The summed E-state index contributed by atoms with van der Waals surface area (Å²) in [5, 5.41) is 3.38. The molecule has 0 radical (unpaired) electrons. The Morgan fingerprint density at radius 3 is 2.40 bits per heavy atom. The molecule has 0 spiro atoms. The molecule has 1 rings (SSSR count). The normalized spacial score (nSPS) is 13.8. The van der Waals surface area contributed by atoms with Crippen molar-refractivity contribution in [2.45, 2.75) is 58.5 Å². The minimum absolute atomic E-state index is 0.141. The van der Waals surface area contributed by atoms with Gasteiger partial charge in [-0.15, -0.1) is 0 Å². The second-order valence-electron chi connectivity index (χ2n) is 5.20. The molecule has 0 heterocycles. The van der Waals surface area contributed by atoms with E-state index in [-0.39, 0.29) is 18.1 Å². The molecule has 0 aliphatic carbocycles. The quantitative estimate of drug-likeness (QED) is 0.737. The zero-order valence-electron chi connectivity index (χ0n) is 13.1. The molecule has 2 unspecified atom stereocenters. The highest BCUT2D eigenvalue weighted by Crippen LogP contribution is 2.16. The van der Waals surface area contributed by atoms with E-state index < -0.39 is 0 Å². The third kappa shape index (κ3) is 4.97. The highest BCUT2D eigenvalue weighted by molar-refractivity contribution is 5.75. The van der Waals surface area contributed by atoms with Gasteiger partial charge in [-0.3, -0.25) is 10.1 Å². The van der Waals surface area contributed by atoms with E-state index in [9.17, 15) is 4.79 Å². The van der Waals surface area contributed by atoms with Gasteiger partial charge in [0, 0.05) is 6.04 Å². The second kappa shape index (κ2) is 8.75. The number of ether oxygens (including phenoxy) is 1. The molecule has 0 fully saturated rings. The van der Waals surface area contributed by atoms with Crippen molar-refractivity contribution in [3.8, 4) is 0 Å². The number of rotatable bonds is 8. The van der Waals surface area contributed by atoms with Gasteiger partial charge in [-0.25, -0.2) is 0 Å². The summed E-state index contributed by atoms with van der Waals surface area (Å²) in [6, 6.07) is 8.47. The van der Waals surface area contributed by atoms with Crippen molar-refractivity contribution < 1.29 is 9.53 Å². The molecule has 1 aromatic carbocycles. The zero-order chi connectivity index (χ0) is 15.0. The average Bonchev–Trinajstić information content (AvgIpc) is 2.50. The minimum Gasteiger partial charge on any atom is -0.468 e. The van der Waals surface area contributed by atoms with Crippen LogP contribution in [0, 0.1) is 0 Å². The minimum atomic E-state index is -0.221. The van der Waals surface area contributed by atoms with Crippen molar-refractivity contribution >= 4 is 5.97 Å². The van der Waals surface area contributed by atoms with E-state index in [1.165, 1.54) is 18.2 Å². The second-order valence-corrected chi connectivity index (χ2v) is 5.20. The van der Waals surface area contributed by atoms with Crippen molar-refractivity contribution in [1.82, 2.24) is 5.32 Å². The number of aryl methyl sites for hydroxylation is 1. The van der Waals surface area contributed by atoms with Crippen LogP contribution in [0.2, 0.25) is 0 Å². The van der Waals surface area contributed by atoms with Crippen LogP contribution >= 0.6 is 0 Å². The predicted octanol–water partition coefficient (Wildman–Crippen LogP) is 3.63. The first-order chi connectivity index (χ1) is 9.62. The lowest BCUT2D eigenvalue weighted by Gasteiger charge is -2.22. The fraction of sp³-hybridized carbons (Fsp3) is 0.588. The Morgan fingerprint density at radius 2 is 1.90 bits per heavy atom. The number of hydrogen-bond acceptors (Lipinski definition) is 3. The number of unbranched alkanes of at least 4 members (excludes halogenated alkanes) is 1. The van der Waals surface area contributed by atoms with Crippen LogP contribution in [0.3, 0.4) is 0 Å². The lowest BCUT2D eigenvalue weighted by Crippen LogP contribution is -2.39. The number of methoxy groups -OCH3 is 1. The molecule has 112 valence electrons. The molecule has 0 aromatic heterocycles. The van der Waals surface area contributed by atoms with Crippen LogP contribution in [-0.4, -0.2) is 19.1 Å². The number of hydrogen-bond donors (Lipinski definition) is 1. The number of nitrogens with one attached hydrogen (secondary N) is 1. The molecule has 3 heteroatoms. The summed E-state index contributed by atoms with van der Waals surface area (Å²) in [5.41, 5.74) is 2.53. The molecule has 0 bridgehead atoms. The first-order valence-electron chi connectivity index (χ1n) is 7.55. The smallest absolute Gasteiger partial charge is 0.322 e. The fourth-order valence-corrected chi connectivity index (χ4v) is 2.26. The summed E-state index contributed by atoms with van der Waals surface area (Å²) in [6.07, 6.45) is 3.97. The molecular weight excluding hydrogens is 250 g/mol. The molecule has 0 aliphatic heterocycles. The third-order valence-corrected chi connectivity index (χ3v) is 3.67. The Morgan fingerprint density at radius 1 is 1.25 bits per heavy atom. The Hall–Kier alpha value is -1.35. The lowest BCUT2D eigenvalue weighted by atomic mass is 10.0.